The molecule has 134 valence electrons. The molecule has 2 atom stereocenters. The molecule has 2 aromatic rings. The maximum Gasteiger partial charge on any atom is 0.148 e. The van der Waals surface area contributed by atoms with Crippen LogP contribution in [0.2, 0.25) is 0 Å². The van der Waals surface area contributed by atoms with E-state index in [1.165, 1.54) is 37.1 Å². The van der Waals surface area contributed by atoms with E-state index in [0.29, 0.717) is 12.2 Å². The number of benzene rings is 1. The van der Waals surface area contributed by atoms with Crippen LogP contribution < -0.4 is 5.01 Å². The highest BCUT2D eigenvalue weighted by molar-refractivity contribution is 5.60. The van der Waals surface area contributed by atoms with Gasteiger partial charge in [0.15, 0.2) is 0 Å². The summed E-state index contributed by atoms with van der Waals surface area (Å²) in [6, 6.07) is 15.4. The van der Waals surface area contributed by atoms with Gasteiger partial charge in [-0.1, -0.05) is 44.2 Å². The van der Waals surface area contributed by atoms with Crippen molar-refractivity contribution in [1.82, 2.24) is 14.9 Å². The maximum absolute atomic E-state index is 4.72. The van der Waals surface area contributed by atoms with Crippen LogP contribution in [0, 0.1) is 5.41 Å². The summed E-state index contributed by atoms with van der Waals surface area (Å²) in [4.78, 5) is 7.37. The van der Waals surface area contributed by atoms with E-state index in [0.717, 1.165) is 5.82 Å². The molecule has 0 amide bonds. The average molecular weight is 346 g/mol. The van der Waals surface area contributed by atoms with Gasteiger partial charge in [-0.05, 0) is 42.2 Å². The van der Waals surface area contributed by atoms with Crippen molar-refractivity contribution in [3.05, 3.63) is 66.0 Å². The molecule has 26 heavy (non-hydrogen) atoms. The Bertz CT molecular complexity index is 823. The normalized spacial score (nSPS) is 26.8. The van der Waals surface area contributed by atoms with Crippen LogP contribution in [0.3, 0.4) is 0 Å². The Morgan fingerprint density at radius 3 is 2.54 bits per heavy atom. The Balaban J connectivity index is 1.68. The summed E-state index contributed by atoms with van der Waals surface area (Å²) >= 11 is 0. The van der Waals surface area contributed by atoms with Crippen LogP contribution in [0.4, 0.5) is 5.82 Å². The van der Waals surface area contributed by atoms with E-state index in [4.69, 9.17) is 4.98 Å². The highest BCUT2D eigenvalue weighted by Gasteiger charge is 2.56. The molecule has 0 saturated carbocycles. The fourth-order valence-electron chi connectivity index (χ4n) is 5.16. The van der Waals surface area contributed by atoms with Crippen molar-refractivity contribution < 1.29 is 0 Å². The van der Waals surface area contributed by atoms with Gasteiger partial charge in [-0.2, -0.15) is 0 Å². The second kappa shape index (κ2) is 5.85. The lowest BCUT2D eigenvalue weighted by atomic mass is 9.76. The van der Waals surface area contributed by atoms with Gasteiger partial charge in [-0.3, -0.25) is 9.91 Å². The summed E-state index contributed by atoms with van der Waals surface area (Å²) in [6.07, 6.45) is 9.28. The van der Waals surface area contributed by atoms with Crippen LogP contribution >= 0.6 is 0 Å². The van der Waals surface area contributed by atoms with Gasteiger partial charge in [0.2, 0.25) is 0 Å². The second-order valence-corrected chi connectivity index (χ2v) is 8.20. The van der Waals surface area contributed by atoms with Gasteiger partial charge in [-0.25, -0.2) is 9.99 Å². The average Bonchev–Trinajstić information content (AvgIpc) is 3.26. The number of pyridine rings is 1. The van der Waals surface area contributed by atoms with E-state index >= 15 is 0 Å². The minimum Gasteiger partial charge on any atom is -0.282 e. The first-order valence-corrected chi connectivity index (χ1v) is 9.67. The molecule has 0 N–H and O–H groups in total. The third-order valence-corrected chi connectivity index (χ3v) is 6.18. The Morgan fingerprint density at radius 1 is 1.00 bits per heavy atom. The molecule has 5 rings (SSSR count). The first-order valence-electron chi connectivity index (χ1n) is 9.67. The van der Waals surface area contributed by atoms with Crippen molar-refractivity contribution >= 4 is 11.9 Å². The van der Waals surface area contributed by atoms with Crippen LogP contribution in [0.15, 0.2) is 54.9 Å². The fourth-order valence-corrected chi connectivity index (χ4v) is 5.16. The highest BCUT2D eigenvalue weighted by atomic mass is 15.7. The molecule has 0 spiro atoms. The predicted molar refractivity (Wildman–Crippen MR) is 105 cm³/mol. The molecular formula is C22H26N4. The quantitative estimate of drug-likeness (QED) is 0.809. The van der Waals surface area contributed by atoms with E-state index < -0.39 is 0 Å². The minimum atomic E-state index is 0.0721. The molecule has 4 nitrogen and oxygen atoms in total. The van der Waals surface area contributed by atoms with Crippen LogP contribution in [-0.4, -0.2) is 34.1 Å². The van der Waals surface area contributed by atoms with Crippen LogP contribution in [0.25, 0.3) is 6.08 Å². The van der Waals surface area contributed by atoms with Crippen LogP contribution in [0.5, 0.6) is 0 Å². The van der Waals surface area contributed by atoms with Crippen molar-refractivity contribution in [2.24, 2.45) is 5.41 Å². The number of hydrogen-bond acceptors (Lipinski definition) is 4. The Hall–Kier alpha value is -2.33. The number of anilines is 1. The summed E-state index contributed by atoms with van der Waals surface area (Å²) in [7, 11) is 0. The van der Waals surface area contributed by atoms with Gasteiger partial charge in [0.05, 0.1) is 6.04 Å². The lowest BCUT2D eigenvalue weighted by Gasteiger charge is -2.39. The van der Waals surface area contributed by atoms with Gasteiger partial charge < -0.3 is 0 Å². The first kappa shape index (κ1) is 15.9. The molecule has 3 aliphatic heterocycles. The monoisotopic (exact) mass is 346 g/mol. The summed E-state index contributed by atoms with van der Waals surface area (Å²) < 4.78 is 0. The van der Waals surface area contributed by atoms with Crippen molar-refractivity contribution in [3.8, 4) is 0 Å². The zero-order chi connectivity index (χ0) is 17.7. The maximum atomic E-state index is 4.72. The number of aromatic nitrogens is 1. The first-order chi connectivity index (χ1) is 12.7. The van der Waals surface area contributed by atoms with E-state index in [2.05, 4.69) is 77.4 Å². The molecule has 4 heterocycles. The van der Waals surface area contributed by atoms with E-state index in [1.54, 1.807) is 0 Å². The van der Waals surface area contributed by atoms with Gasteiger partial charge in [0.1, 0.15) is 12.0 Å². The lowest BCUT2D eigenvalue weighted by Crippen LogP contribution is -2.52. The molecule has 3 aliphatic rings. The van der Waals surface area contributed by atoms with E-state index in [-0.39, 0.29) is 5.41 Å². The number of hydrogen-bond donors (Lipinski definition) is 0. The summed E-state index contributed by atoms with van der Waals surface area (Å²) in [5.41, 5.74) is 2.83. The van der Waals surface area contributed by atoms with Gasteiger partial charge in [0.25, 0.3) is 0 Å². The number of rotatable bonds is 2. The second-order valence-electron chi connectivity index (χ2n) is 8.20. The van der Waals surface area contributed by atoms with Crippen LogP contribution in [0.1, 0.15) is 43.9 Å². The zero-order valence-electron chi connectivity index (χ0n) is 15.5. The lowest BCUT2D eigenvalue weighted by molar-refractivity contribution is 0.127. The molecule has 2 saturated heterocycles. The van der Waals surface area contributed by atoms with Gasteiger partial charge >= 0.3 is 0 Å². The molecule has 4 heteroatoms. The number of likely N-dealkylation sites (tertiary alicyclic amines) is 1. The van der Waals surface area contributed by atoms with Crippen LogP contribution in [-0.2, 0) is 0 Å². The standard InChI is InChI=1S/C22H26N4/c1-22(2)20-18-10-4-3-9-17(18)12-16-25(20)26(19-11-5-6-13-23-19)21(22)24-14-7-8-15-24/h3-6,9-13,16,20-21H,7-8,14-15H2,1-2H3/t20-,21-/m1/s1. The Morgan fingerprint density at radius 2 is 1.77 bits per heavy atom. The molecule has 0 aliphatic carbocycles. The molecule has 0 unspecified atom stereocenters. The van der Waals surface area contributed by atoms with E-state index in [9.17, 15) is 0 Å². The topological polar surface area (TPSA) is 22.6 Å². The van der Waals surface area contributed by atoms with Gasteiger partial charge in [0, 0.05) is 30.9 Å². The summed E-state index contributed by atoms with van der Waals surface area (Å²) in [5.74, 6) is 1.03. The summed E-state index contributed by atoms with van der Waals surface area (Å²) in [5, 5.41) is 4.86. The Kier molecular flexibility index (Phi) is 3.57. The molecule has 1 aromatic heterocycles. The third-order valence-electron chi connectivity index (χ3n) is 6.18. The van der Waals surface area contributed by atoms with Gasteiger partial charge in [-0.15, -0.1) is 0 Å². The molecule has 1 aromatic carbocycles. The number of hydrazine groups is 1. The van der Waals surface area contributed by atoms with E-state index in [1.807, 2.05) is 12.3 Å². The smallest absolute Gasteiger partial charge is 0.148 e. The number of nitrogens with zero attached hydrogens (tertiary/aromatic N) is 4. The largest absolute Gasteiger partial charge is 0.282 e. The Labute approximate surface area is 155 Å². The summed E-state index contributed by atoms with van der Waals surface area (Å²) in [6.45, 7) is 7.19. The van der Waals surface area contributed by atoms with Crippen molar-refractivity contribution in [3.63, 3.8) is 0 Å². The predicted octanol–water partition coefficient (Wildman–Crippen LogP) is 4.29. The third kappa shape index (κ3) is 2.21. The molecular weight excluding hydrogens is 320 g/mol. The minimum absolute atomic E-state index is 0.0721. The van der Waals surface area contributed by atoms with Crippen molar-refractivity contribution in [2.75, 3.05) is 18.1 Å². The molecule has 0 bridgehead atoms. The fraction of sp³-hybridized carbons (Fsp3) is 0.409. The molecule has 2 fully saturated rings. The SMILES string of the molecule is CC1(C)[C@H](N2CCCC2)N(c2ccccn2)N2C=Cc3ccccc3[C@@H]21. The van der Waals surface area contributed by atoms with Crippen molar-refractivity contribution in [2.45, 2.75) is 38.9 Å². The molecule has 0 radical (unpaired) electrons. The number of fused-ring (bicyclic) bond motifs is 3. The van der Waals surface area contributed by atoms with Crippen molar-refractivity contribution in [1.29, 1.82) is 0 Å². The highest BCUT2D eigenvalue weighted by Crippen LogP contribution is 2.54. The zero-order valence-corrected chi connectivity index (χ0v) is 15.5.